The van der Waals surface area contributed by atoms with Gasteiger partial charge in [0.25, 0.3) is 0 Å². The summed E-state index contributed by atoms with van der Waals surface area (Å²) in [5.41, 5.74) is 2.32. The van der Waals surface area contributed by atoms with E-state index in [1.807, 2.05) is 41.3 Å². The molecule has 0 bridgehead atoms. The summed E-state index contributed by atoms with van der Waals surface area (Å²) in [6, 6.07) is 15.1. The summed E-state index contributed by atoms with van der Waals surface area (Å²) in [6.45, 7) is 4.54. The minimum Gasteiger partial charge on any atom is -0.366 e. The van der Waals surface area contributed by atoms with Crippen molar-refractivity contribution in [3.05, 3.63) is 65.5 Å². The Morgan fingerprint density at radius 2 is 1.69 bits per heavy atom. The molecule has 2 heterocycles. The number of carbonyl (C=O) groups excluding carboxylic acids is 1. The number of halogens is 1. The maximum absolute atomic E-state index is 15.1. The van der Waals surface area contributed by atoms with Crippen LogP contribution in [-0.4, -0.2) is 61.5 Å². The van der Waals surface area contributed by atoms with Gasteiger partial charge in [0.2, 0.25) is 15.9 Å². The number of hydrogen-bond acceptors (Lipinski definition) is 4. The number of amides is 1. The minimum atomic E-state index is -3.49. The lowest BCUT2D eigenvalue weighted by molar-refractivity contribution is -0.129. The monoisotopic (exact) mass is 501 g/mol. The summed E-state index contributed by atoms with van der Waals surface area (Å²) in [7, 11) is -3.49. The Balaban J connectivity index is 1.44. The first-order valence-corrected chi connectivity index (χ1v) is 14.2. The van der Waals surface area contributed by atoms with Crippen LogP contribution < -0.4 is 4.90 Å². The molecule has 8 heteroatoms. The Morgan fingerprint density at radius 1 is 0.943 bits per heavy atom. The fourth-order valence-electron chi connectivity index (χ4n) is 5.13. The first-order chi connectivity index (χ1) is 16.8. The van der Waals surface area contributed by atoms with Crippen molar-refractivity contribution in [3.63, 3.8) is 0 Å². The molecule has 0 N–H and O–H groups in total. The van der Waals surface area contributed by atoms with Crippen molar-refractivity contribution in [1.29, 1.82) is 0 Å². The van der Waals surface area contributed by atoms with Crippen molar-refractivity contribution < 1.29 is 17.6 Å². The van der Waals surface area contributed by atoms with Gasteiger partial charge in [-0.2, -0.15) is 4.31 Å². The number of nitrogens with zero attached hydrogens (tertiary/aromatic N) is 3. The largest absolute Gasteiger partial charge is 0.366 e. The van der Waals surface area contributed by atoms with Crippen LogP contribution in [-0.2, 0) is 27.8 Å². The molecule has 2 aromatic rings. The van der Waals surface area contributed by atoms with E-state index in [1.165, 1.54) is 6.07 Å². The van der Waals surface area contributed by atoms with E-state index in [2.05, 4.69) is 0 Å². The zero-order chi connectivity index (χ0) is 24.8. The Morgan fingerprint density at radius 3 is 2.37 bits per heavy atom. The second kappa shape index (κ2) is 11.5. The van der Waals surface area contributed by atoms with Crippen molar-refractivity contribution in [2.24, 2.45) is 0 Å². The van der Waals surface area contributed by atoms with Gasteiger partial charge in [-0.3, -0.25) is 4.79 Å². The molecular formula is C27H36FN3O3S. The summed E-state index contributed by atoms with van der Waals surface area (Å²) in [4.78, 5) is 15.3. The molecular weight excluding hydrogens is 465 g/mol. The molecule has 2 fully saturated rings. The number of hydrogen-bond donors (Lipinski definition) is 0. The molecule has 1 atom stereocenters. The standard InChI is InChI=1S/C27H36FN3O3S/c1-22(32)29-16-18-30(19-17-29)27-14-12-24(20-26(27)28)21-31-15-7-3-6-10-25(35(31,33)34)13-11-23-8-4-2-5-9-23/h2,4-5,8-9,12,14,20,25H,3,6-7,10-11,13,15-19,21H2,1H3. The van der Waals surface area contributed by atoms with E-state index in [1.54, 1.807) is 22.2 Å². The zero-order valence-electron chi connectivity index (χ0n) is 20.5. The Bertz CT molecular complexity index is 1100. The number of benzene rings is 2. The van der Waals surface area contributed by atoms with E-state index in [4.69, 9.17) is 0 Å². The highest BCUT2D eigenvalue weighted by Gasteiger charge is 2.33. The highest BCUT2D eigenvalue weighted by molar-refractivity contribution is 7.89. The van der Waals surface area contributed by atoms with Crippen LogP contribution in [0.3, 0.4) is 0 Å². The van der Waals surface area contributed by atoms with Crippen molar-refractivity contribution >= 4 is 21.6 Å². The van der Waals surface area contributed by atoms with E-state index in [9.17, 15) is 13.2 Å². The predicted octanol–water partition coefficient (Wildman–Crippen LogP) is 4.20. The molecule has 1 unspecified atom stereocenters. The molecule has 0 aromatic heterocycles. The fraction of sp³-hybridized carbons (Fsp3) is 0.519. The average Bonchev–Trinajstić information content (AvgIpc) is 2.84. The van der Waals surface area contributed by atoms with E-state index < -0.39 is 15.3 Å². The number of piperazine rings is 1. The topological polar surface area (TPSA) is 60.9 Å². The second-order valence-corrected chi connectivity index (χ2v) is 11.9. The van der Waals surface area contributed by atoms with Gasteiger partial charge in [-0.15, -0.1) is 0 Å². The first kappa shape index (κ1) is 25.6. The number of carbonyl (C=O) groups is 1. The maximum Gasteiger partial charge on any atom is 0.219 e. The molecule has 0 aliphatic carbocycles. The SMILES string of the molecule is CC(=O)N1CCN(c2ccc(CN3CCCCCC(CCc4ccccc4)S3(=O)=O)cc2F)CC1. The average molecular weight is 502 g/mol. The van der Waals surface area contributed by atoms with E-state index in [0.29, 0.717) is 56.8 Å². The Kier molecular flexibility index (Phi) is 8.44. The fourth-order valence-corrected chi connectivity index (χ4v) is 7.14. The smallest absolute Gasteiger partial charge is 0.219 e. The van der Waals surface area contributed by atoms with Crippen LogP contribution >= 0.6 is 0 Å². The van der Waals surface area contributed by atoms with Gasteiger partial charge in [0, 0.05) is 46.2 Å². The van der Waals surface area contributed by atoms with Crippen LogP contribution in [0.25, 0.3) is 0 Å². The molecule has 2 aromatic carbocycles. The van der Waals surface area contributed by atoms with E-state index >= 15 is 4.39 Å². The van der Waals surface area contributed by atoms with E-state index in [0.717, 1.165) is 31.2 Å². The number of anilines is 1. The van der Waals surface area contributed by atoms with Gasteiger partial charge in [-0.25, -0.2) is 12.8 Å². The third-order valence-corrected chi connectivity index (χ3v) is 9.59. The summed E-state index contributed by atoms with van der Waals surface area (Å²) in [6.07, 6.45) is 4.76. The van der Waals surface area contributed by atoms with Gasteiger partial charge in [-0.1, -0.05) is 49.2 Å². The molecule has 190 valence electrons. The highest BCUT2D eigenvalue weighted by atomic mass is 32.2. The summed E-state index contributed by atoms with van der Waals surface area (Å²) < 4.78 is 43.8. The van der Waals surface area contributed by atoms with Crippen LogP contribution in [0.2, 0.25) is 0 Å². The van der Waals surface area contributed by atoms with Gasteiger partial charge in [-0.05, 0) is 48.9 Å². The molecule has 0 radical (unpaired) electrons. The molecule has 35 heavy (non-hydrogen) atoms. The van der Waals surface area contributed by atoms with Crippen LogP contribution in [0, 0.1) is 5.82 Å². The molecule has 0 spiro atoms. The Labute approximate surface area is 208 Å². The van der Waals surface area contributed by atoms with Gasteiger partial charge in [0.05, 0.1) is 10.9 Å². The van der Waals surface area contributed by atoms with Crippen LogP contribution in [0.1, 0.15) is 50.2 Å². The Hall–Kier alpha value is -2.45. The summed E-state index contributed by atoms with van der Waals surface area (Å²) in [5.74, 6) is -0.305. The lowest BCUT2D eigenvalue weighted by Crippen LogP contribution is -2.48. The lowest BCUT2D eigenvalue weighted by atomic mass is 10.0. The van der Waals surface area contributed by atoms with Crippen molar-refractivity contribution in [2.45, 2.75) is 57.2 Å². The second-order valence-electron chi connectivity index (χ2n) is 9.65. The number of rotatable bonds is 6. The van der Waals surface area contributed by atoms with Gasteiger partial charge in [0.1, 0.15) is 5.82 Å². The quantitative estimate of drug-likeness (QED) is 0.595. The third-order valence-electron chi connectivity index (χ3n) is 7.25. The molecule has 2 saturated heterocycles. The van der Waals surface area contributed by atoms with Gasteiger partial charge in [0.15, 0.2) is 0 Å². The predicted molar refractivity (Wildman–Crippen MR) is 137 cm³/mol. The van der Waals surface area contributed by atoms with Crippen LogP contribution in [0.5, 0.6) is 0 Å². The molecule has 6 nitrogen and oxygen atoms in total. The number of aryl methyl sites for hydroxylation is 1. The molecule has 2 aliphatic heterocycles. The lowest BCUT2D eigenvalue weighted by Gasteiger charge is -2.36. The minimum absolute atomic E-state index is 0.0389. The molecule has 4 rings (SSSR count). The van der Waals surface area contributed by atoms with E-state index in [-0.39, 0.29) is 18.3 Å². The highest BCUT2D eigenvalue weighted by Crippen LogP contribution is 2.28. The maximum atomic E-state index is 15.1. The van der Waals surface area contributed by atoms with Crippen molar-refractivity contribution in [1.82, 2.24) is 9.21 Å². The van der Waals surface area contributed by atoms with Crippen molar-refractivity contribution in [3.8, 4) is 0 Å². The normalized spacial score (nSPS) is 21.4. The third kappa shape index (κ3) is 6.41. The van der Waals surface area contributed by atoms with Crippen LogP contribution in [0.4, 0.5) is 10.1 Å². The number of sulfonamides is 1. The van der Waals surface area contributed by atoms with Gasteiger partial charge < -0.3 is 9.80 Å². The summed E-state index contributed by atoms with van der Waals surface area (Å²) in [5, 5.41) is -0.412. The zero-order valence-corrected chi connectivity index (χ0v) is 21.4. The van der Waals surface area contributed by atoms with Gasteiger partial charge >= 0.3 is 0 Å². The van der Waals surface area contributed by atoms with Crippen LogP contribution in [0.15, 0.2) is 48.5 Å². The first-order valence-electron chi connectivity index (χ1n) is 12.7. The molecule has 1 amide bonds. The summed E-state index contributed by atoms with van der Waals surface area (Å²) >= 11 is 0. The van der Waals surface area contributed by atoms with Crippen molar-refractivity contribution in [2.75, 3.05) is 37.6 Å². The molecule has 2 aliphatic rings. The molecule has 0 saturated carbocycles.